The zero-order chi connectivity index (χ0) is 14.0. The van der Waals surface area contributed by atoms with Crippen molar-refractivity contribution in [2.45, 2.75) is 33.1 Å². The van der Waals surface area contributed by atoms with Gasteiger partial charge >= 0.3 is 10.2 Å². The van der Waals surface area contributed by atoms with E-state index in [1.54, 1.807) is 13.0 Å². The molecule has 0 aromatic heterocycles. The molecule has 0 radical (unpaired) electrons. The predicted octanol–water partition coefficient (Wildman–Crippen LogP) is 2.15. The van der Waals surface area contributed by atoms with Gasteiger partial charge in [0, 0.05) is 13.1 Å². The molecule has 6 heteroatoms. The smallest absolute Gasteiger partial charge is 0.301 e. The second-order valence-corrected chi connectivity index (χ2v) is 6.72. The van der Waals surface area contributed by atoms with Crippen LogP contribution in [0.15, 0.2) is 12.1 Å². The third-order valence-corrected chi connectivity index (χ3v) is 4.86. The quantitative estimate of drug-likeness (QED) is 0.836. The molecule has 1 aliphatic rings. The second kappa shape index (κ2) is 5.38. The summed E-state index contributed by atoms with van der Waals surface area (Å²) in [5.41, 5.74) is 1.83. The molecular weight excluding hydrogens is 264 g/mol. The molecule has 2 N–H and O–H groups in total. The number of rotatable bonds is 3. The maximum atomic E-state index is 12.2. The van der Waals surface area contributed by atoms with Crippen LogP contribution in [0, 0.1) is 13.8 Å². The number of hydrogen-bond donors (Lipinski definition) is 2. The molecular formula is C13H20N2O3S. The lowest BCUT2D eigenvalue weighted by Crippen LogP contribution is -2.39. The van der Waals surface area contributed by atoms with Crippen molar-refractivity contribution in [1.29, 1.82) is 0 Å². The first-order valence-corrected chi connectivity index (χ1v) is 7.92. The van der Waals surface area contributed by atoms with E-state index < -0.39 is 10.2 Å². The Hall–Kier alpha value is -1.27. The van der Waals surface area contributed by atoms with E-state index >= 15 is 0 Å². The van der Waals surface area contributed by atoms with Crippen LogP contribution in [0.4, 0.5) is 5.69 Å². The average Bonchev–Trinajstić information content (AvgIpc) is 2.36. The number of aryl methyl sites for hydroxylation is 2. The molecule has 5 nitrogen and oxygen atoms in total. The van der Waals surface area contributed by atoms with E-state index in [9.17, 15) is 13.5 Å². The Labute approximate surface area is 114 Å². The van der Waals surface area contributed by atoms with Crippen molar-refractivity contribution in [2.75, 3.05) is 17.8 Å². The van der Waals surface area contributed by atoms with Crippen LogP contribution in [-0.2, 0) is 10.2 Å². The Balaban J connectivity index is 2.25. The molecule has 1 heterocycles. The van der Waals surface area contributed by atoms with Crippen LogP contribution in [0.5, 0.6) is 5.75 Å². The van der Waals surface area contributed by atoms with Crippen LogP contribution >= 0.6 is 0 Å². The predicted molar refractivity (Wildman–Crippen MR) is 75.5 cm³/mol. The molecule has 0 amide bonds. The fourth-order valence-corrected chi connectivity index (χ4v) is 3.65. The summed E-state index contributed by atoms with van der Waals surface area (Å²) in [6.07, 6.45) is 2.85. The molecule has 19 heavy (non-hydrogen) atoms. The van der Waals surface area contributed by atoms with Gasteiger partial charge in [0.15, 0.2) is 0 Å². The highest BCUT2D eigenvalue weighted by Gasteiger charge is 2.24. The molecule has 1 fully saturated rings. The summed E-state index contributed by atoms with van der Waals surface area (Å²) in [6.45, 7) is 4.70. The van der Waals surface area contributed by atoms with E-state index in [0.717, 1.165) is 24.8 Å². The Bertz CT molecular complexity index is 563. The van der Waals surface area contributed by atoms with E-state index in [1.807, 2.05) is 13.0 Å². The summed E-state index contributed by atoms with van der Waals surface area (Å²) in [4.78, 5) is 0. The van der Waals surface area contributed by atoms with Gasteiger partial charge in [-0.2, -0.15) is 12.7 Å². The lowest BCUT2D eigenvalue weighted by atomic mass is 10.1. The highest BCUT2D eigenvalue weighted by molar-refractivity contribution is 7.90. The molecule has 106 valence electrons. The highest BCUT2D eigenvalue weighted by Crippen LogP contribution is 2.30. The Morgan fingerprint density at radius 1 is 1.16 bits per heavy atom. The van der Waals surface area contributed by atoms with Gasteiger partial charge < -0.3 is 5.11 Å². The van der Waals surface area contributed by atoms with Crippen LogP contribution in [0.2, 0.25) is 0 Å². The molecule has 1 saturated heterocycles. The van der Waals surface area contributed by atoms with Gasteiger partial charge in [0.1, 0.15) is 5.75 Å². The van der Waals surface area contributed by atoms with Gasteiger partial charge in [-0.15, -0.1) is 0 Å². The number of phenolic OH excluding ortho intramolecular Hbond substituents is 1. The number of phenols is 1. The largest absolute Gasteiger partial charge is 0.505 e. The average molecular weight is 284 g/mol. The normalized spacial score (nSPS) is 17.4. The summed E-state index contributed by atoms with van der Waals surface area (Å²) >= 11 is 0. The molecule has 1 aromatic rings. The zero-order valence-corrected chi connectivity index (χ0v) is 12.1. The first-order valence-electron chi connectivity index (χ1n) is 6.48. The molecule has 0 unspecified atom stereocenters. The fraction of sp³-hybridized carbons (Fsp3) is 0.538. The number of aromatic hydroxyl groups is 1. The minimum Gasteiger partial charge on any atom is -0.505 e. The summed E-state index contributed by atoms with van der Waals surface area (Å²) in [6, 6.07) is 3.46. The summed E-state index contributed by atoms with van der Waals surface area (Å²) in [5, 5.41) is 9.94. The standard InChI is InChI=1S/C13H20N2O3S/c1-10-8-11(2)13(16)12(9-10)14-19(17,18)15-6-4-3-5-7-15/h8-9,14,16H,3-7H2,1-2H3. The van der Waals surface area contributed by atoms with Crippen molar-refractivity contribution in [2.24, 2.45) is 0 Å². The highest BCUT2D eigenvalue weighted by atomic mass is 32.2. The summed E-state index contributed by atoms with van der Waals surface area (Å²) < 4.78 is 28.4. The molecule has 0 saturated carbocycles. The van der Waals surface area contributed by atoms with Crippen LogP contribution in [-0.4, -0.2) is 30.9 Å². The molecule has 1 aromatic carbocycles. The second-order valence-electron chi connectivity index (χ2n) is 5.04. The van der Waals surface area contributed by atoms with E-state index in [2.05, 4.69) is 4.72 Å². The fourth-order valence-electron chi connectivity index (χ4n) is 2.35. The van der Waals surface area contributed by atoms with Gasteiger partial charge in [-0.3, -0.25) is 4.72 Å². The maximum absolute atomic E-state index is 12.2. The van der Waals surface area contributed by atoms with Gasteiger partial charge in [0.2, 0.25) is 0 Å². The van der Waals surface area contributed by atoms with Gasteiger partial charge in [-0.25, -0.2) is 0 Å². The Morgan fingerprint density at radius 3 is 2.42 bits per heavy atom. The lowest BCUT2D eigenvalue weighted by Gasteiger charge is -2.26. The number of piperidine rings is 1. The number of nitrogens with zero attached hydrogens (tertiary/aromatic N) is 1. The van der Waals surface area contributed by atoms with E-state index in [1.165, 1.54) is 4.31 Å². The third kappa shape index (κ3) is 3.19. The zero-order valence-electron chi connectivity index (χ0n) is 11.3. The van der Waals surface area contributed by atoms with Crippen LogP contribution < -0.4 is 4.72 Å². The summed E-state index contributed by atoms with van der Waals surface area (Å²) in [5.74, 6) is -0.00816. The van der Waals surface area contributed by atoms with Crippen LogP contribution in [0.1, 0.15) is 30.4 Å². The van der Waals surface area contributed by atoms with Crippen LogP contribution in [0.25, 0.3) is 0 Å². The Kier molecular flexibility index (Phi) is 4.01. The van der Waals surface area contributed by atoms with E-state index in [0.29, 0.717) is 18.7 Å². The lowest BCUT2D eigenvalue weighted by molar-refractivity contribution is 0.349. The van der Waals surface area contributed by atoms with Gasteiger partial charge in [0.25, 0.3) is 0 Å². The van der Waals surface area contributed by atoms with Crippen molar-refractivity contribution in [3.05, 3.63) is 23.3 Å². The first kappa shape index (κ1) is 14.1. The number of hydrogen-bond acceptors (Lipinski definition) is 3. The molecule has 0 spiro atoms. The molecule has 2 rings (SSSR count). The van der Waals surface area contributed by atoms with Crippen LogP contribution in [0.3, 0.4) is 0 Å². The number of anilines is 1. The van der Waals surface area contributed by atoms with Crippen molar-refractivity contribution in [3.8, 4) is 5.75 Å². The van der Waals surface area contributed by atoms with Gasteiger partial charge in [-0.05, 0) is 43.9 Å². The van der Waals surface area contributed by atoms with Crippen molar-refractivity contribution in [3.63, 3.8) is 0 Å². The van der Waals surface area contributed by atoms with E-state index in [4.69, 9.17) is 0 Å². The SMILES string of the molecule is Cc1cc(C)c(O)c(NS(=O)(=O)N2CCCCC2)c1. The Morgan fingerprint density at radius 2 is 1.79 bits per heavy atom. The van der Waals surface area contributed by atoms with Gasteiger partial charge in [-0.1, -0.05) is 12.5 Å². The number of nitrogens with one attached hydrogen (secondary N) is 1. The van der Waals surface area contributed by atoms with Gasteiger partial charge in [0.05, 0.1) is 5.69 Å². The molecule has 0 atom stereocenters. The topological polar surface area (TPSA) is 69.6 Å². The maximum Gasteiger partial charge on any atom is 0.301 e. The minimum absolute atomic E-state index is 0.00816. The third-order valence-electron chi connectivity index (χ3n) is 3.34. The molecule has 1 aliphatic heterocycles. The van der Waals surface area contributed by atoms with Crippen molar-refractivity contribution < 1.29 is 13.5 Å². The monoisotopic (exact) mass is 284 g/mol. The van der Waals surface area contributed by atoms with Crippen molar-refractivity contribution >= 4 is 15.9 Å². The van der Waals surface area contributed by atoms with Crippen molar-refractivity contribution in [1.82, 2.24) is 4.31 Å². The molecule has 0 bridgehead atoms. The summed E-state index contributed by atoms with van der Waals surface area (Å²) in [7, 11) is -3.57. The minimum atomic E-state index is -3.57. The number of benzene rings is 1. The first-order chi connectivity index (χ1) is 8.90. The molecule has 0 aliphatic carbocycles. The van der Waals surface area contributed by atoms with E-state index in [-0.39, 0.29) is 11.4 Å².